The zero-order valence-corrected chi connectivity index (χ0v) is 12.2. The number of halogens is 4. The van der Waals surface area contributed by atoms with Crippen LogP contribution in [0.25, 0.3) is 0 Å². The second-order valence-electron chi connectivity index (χ2n) is 4.40. The lowest BCUT2D eigenvalue weighted by Gasteiger charge is -2.26. The van der Waals surface area contributed by atoms with Crippen LogP contribution in [-0.4, -0.2) is 20.4 Å². The van der Waals surface area contributed by atoms with E-state index >= 15 is 0 Å². The van der Waals surface area contributed by atoms with Gasteiger partial charge in [-0.1, -0.05) is 11.6 Å². The minimum Gasteiger partial charge on any atom is -0.349 e. The third-order valence-corrected chi connectivity index (χ3v) is 4.88. The monoisotopic (exact) mass is 343 g/mol. The van der Waals surface area contributed by atoms with E-state index in [9.17, 15) is 22.0 Å². The van der Waals surface area contributed by atoms with Crippen molar-refractivity contribution in [2.75, 3.05) is 0 Å². The van der Waals surface area contributed by atoms with Crippen LogP contribution >= 0.6 is 22.3 Å². The fourth-order valence-electron chi connectivity index (χ4n) is 1.78. The molecule has 0 spiro atoms. The number of rotatable bonds is 3. The summed E-state index contributed by atoms with van der Waals surface area (Å²) in [6, 6.07) is 0.486. The number of carbonyl (C=O) groups excluding carboxylic acids is 1. The van der Waals surface area contributed by atoms with E-state index in [1.807, 2.05) is 0 Å². The summed E-state index contributed by atoms with van der Waals surface area (Å²) in [7, 11) is 0.394. The zero-order valence-electron chi connectivity index (χ0n) is 9.92. The lowest BCUT2D eigenvalue weighted by molar-refractivity contribution is 0.0916. The maximum atomic E-state index is 13.5. The molecule has 1 aliphatic carbocycles. The van der Waals surface area contributed by atoms with Crippen LogP contribution in [0.3, 0.4) is 0 Å². The average Bonchev–Trinajstić information content (AvgIpc) is 2.26. The van der Waals surface area contributed by atoms with Gasteiger partial charge in [0.2, 0.25) is 0 Å². The van der Waals surface area contributed by atoms with E-state index in [2.05, 4.69) is 5.32 Å². The first kappa shape index (κ1) is 15.5. The molecule has 110 valence electrons. The van der Waals surface area contributed by atoms with Crippen molar-refractivity contribution in [1.82, 2.24) is 5.32 Å². The third-order valence-electron chi connectivity index (χ3n) is 3.04. The quantitative estimate of drug-likeness (QED) is 0.678. The van der Waals surface area contributed by atoms with Gasteiger partial charge in [0.25, 0.3) is 15.0 Å². The van der Waals surface area contributed by atoms with E-state index < -0.39 is 42.1 Å². The number of amides is 1. The van der Waals surface area contributed by atoms with Crippen LogP contribution in [-0.2, 0) is 9.05 Å². The van der Waals surface area contributed by atoms with Crippen LogP contribution in [0.4, 0.5) is 8.78 Å². The molecule has 0 aromatic heterocycles. The summed E-state index contributed by atoms with van der Waals surface area (Å²) in [5.74, 6) is -3.97. The average molecular weight is 344 g/mol. The first-order chi connectivity index (χ1) is 9.21. The first-order valence-corrected chi connectivity index (χ1v) is 8.33. The topological polar surface area (TPSA) is 63.2 Å². The van der Waals surface area contributed by atoms with Gasteiger partial charge < -0.3 is 5.32 Å². The van der Waals surface area contributed by atoms with Gasteiger partial charge in [-0.25, -0.2) is 17.2 Å². The summed E-state index contributed by atoms with van der Waals surface area (Å²) in [6.45, 7) is 0. The lowest BCUT2D eigenvalue weighted by atomic mass is 9.93. The first-order valence-electron chi connectivity index (χ1n) is 5.65. The number of hydrogen-bond acceptors (Lipinski definition) is 3. The van der Waals surface area contributed by atoms with Crippen LogP contribution in [0.2, 0.25) is 5.02 Å². The third kappa shape index (κ3) is 2.89. The summed E-state index contributed by atoms with van der Waals surface area (Å²) in [5.41, 5.74) is -0.461. The molecule has 1 aliphatic rings. The highest BCUT2D eigenvalue weighted by molar-refractivity contribution is 8.13. The van der Waals surface area contributed by atoms with Gasteiger partial charge in [-0.2, -0.15) is 0 Å². The SMILES string of the molecule is O=C(NC1CCC1)c1cc(F)c(F)c(S(=O)(=O)Cl)c1Cl. The second-order valence-corrected chi connectivity index (χ2v) is 7.28. The zero-order chi connectivity index (χ0) is 15.1. The largest absolute Gasteiger partial charge is 0.349 e. The number of nitrogens with one attached hydrogen (secondary N) is 1. The van der Waals surface area contributed by atoms with Crippen molar-refractivity contribution in [3.8, 4) is 0 Å². The van der Waals surface area contributed by atoms with Crippen molar-refractivity contribution in [2.45, 2.75) is 30.2 Å². The van der Waals surface area contributed by atoms with Crippen LogP contribution < -0.4 is 5.32 Å². The summed E-state index contributed by atoms with van der Waals surface area (Å²) in [6.07, 6.45) is 2.50. The Hall–Kier alpha value is -0.920. The second kappa shape index (κ2) is 5.46. The maximum absolute atomic E-state index is 13.5. The lowest BCUT2D eigenvalue weighted by Crippen LogP contribution is -2.39. The van der Waals surface area contributed by atoms with Crippen molar-refractivity contribution >= 4 is 37.2 Å². The van der Waals surface area contributed by atoms with Gasteiger partial charge in [-0.3, -0.25) is 4.79 Å². The van der Waals surface area contributed by atoms with Gasteiger partial charge in [0, 0.05) is 16.7 Å². The molecule has 4 nitrogen and oxygen atoms in total. The Morgan fingerprint density at radius 3 is 2.40 bits per heavy atom. The highest BCUT2D eigenvalue weighted by Crippen LogP contribution is 2.32. The van der Waals surface area contributed by atoms with Crippen LogP contribution in [0.1, 0.15) is 29.6 Å². The molecule has 2 rings (SSSR count). The standard InChI is InChI=1S/C11H9Cl2F2NO3S/c12-8-6(11(17)16-5-2-1-3-5)4-7(14)9(15)10(8)20(13,18)19/h4-5H,1-3H2,(H,16,17). The van der Waals surface area contributed by atoms with E-state index in [0.29, 0.717) is 6.07 Å². The summed E-state index contributed by atoms with van der Waals surface area (Å²) >= 11 is 5.68. The minimum atomic E-state index is -4.62. The molecule has 0 heterocycles. The molecule has 0 bridgehead atoms. The predicted molar refractivity (Wildman–Crippen MR) is 69.5 cm³/mol. The molecular weight excluding hydrogens is 335 g/mol. The normalized spacial score (nSPS) is 15.8. The molecule has 1 amide bonds. The molecule has 1 saturated carbocycles. The van der Waals surface area contributed by atoms with E-state index in [1.54, 1.807) is 0 Å². The Balaban J connectivity index is 2.48. The van der Waals surface area contributed by atoms with Crippen molar-refractivity contribution in [3.05, 3.63) is 28.3 Å². The number of benzene rings is 1. The van der Waals surface area contributed by atoms with Gasteiger partial charge in [0.1, 0.15) is 4.90 Å². The van der Waals surface area contributed by atoms with Crippen molar-refractivity contribution < 1.29 is 22.0 Å². The minimum absolute atomic E-state index is 0.0669. The van der Waals surface area contributed by atoms with Gasteiger partial charge in [0.05, 0.1) is 10.6 Å². The molecular formula is C11H9Cl2F2NO3S. The molecule has 1 N–H and O–H groups in total. The van der Waals surface area contributed by atoms with Crippen molar-refractivity contribution in [1.29, 1.82) is 0 Å². The van der Waals surface area contributed by atoms with Crippen molar-refractivity contribution in [3.63, 3.8) is 0 Å². The molecule has 9 heteroatoms. The molecule has 0 radical (unpaired) electrons. The Kier molecular flexibility index (Phi) is 4.22. The molecule has 1 fully saturated rings. The molecule has 0 unspecified atom stereocenters. The van der Waals surface area contributed by atoms with E-state index in [1.165, 1.54) is 0 Å². The molecule has 0 aliphatic heterocycles. The van der Waals surface area contributed by atoms with E-state index in [0.717, 1.165) is 19.3 Å². The Bertz CT molecular complexity index is 675. The molecule has 1 aromatic rings. The van der Waals surface area contributed by atoms with Crippen LogP contribution in [0.15, 0.2) is 11.0 Å². The summed E-state index contributed by atoms with van der Waals surface area (Å²) < 4.78 is 49.4. The predicted octanol–water partition coefficient (Wildman–Crippen LogP) is 2.83. The van der Waals surface area contributed by atoms with Gasteiger partial charge in [-0.15, -0.1) is 0 Å². The number of carbonyl (C=O) groups is 1. The van der Waals surface area contributed by atoms with Crippen LogP contribution in [0.5, 0.6) is 0 Å². The van der Waals surface area contributed by atoms with E-state index in [4.69, 9.17) is 22.3 Å². The summed E-state index contributed by atoms with van der Waals surface area (Å²) in [4.78, 5) is 10.7. The van der Waals surface area contributed by atoms with Gasteiger partial charge >= 0.3 is 0 Å². The maximum Gasteiger partial charge on any atom is 0.265 e. The Labute approximate surface area is 123 Å². The van der Waals surface area contributed by atoms with Gasteiger partial charge in [-0.05, 0) is 25.3 Å². The van der Waals surface area contributed by atoms with E-state index in [-0.39, 0.29) is 6.04 Å². The van der Waals surface area contributed by atoms with Gasteiger partial charge in [0.15, 0.2) is 11.6 Å². The Morgan fingerprint density at radius 1 is 1.35 bits per heavy atom. The highest BCUT2D eigenvalue weighted by Gasteiger charge is 2.30. The fraction of sp³-hybridized carbons (Fsp3) is 0.364. The van der Waals surface area contributed by atoms with Crippen molar-refractivity contribution in [2.24, 2.45) is 0 Å². The molecule has 0 atom stereocenters. The number of hydrogen-bond donors (Lipinski definition) is 1. The smallest absolute Gasteiger partial charge is 0.265 e. The molecule has 1 aromatic carbocycles. The highest BCUT2D eigenvalue weighted by atomic mass is 35.7. The fourth-order valence-corrected chi connectivity index (χ4v) is 3.49. The summed E-state index contributed by atoms with van der Waals surface area (Å²) in [5, 5.41) is 1.82. The molecule has 20 heavy (non-hydrogen) atoms. The molecule has 0 saturated heterocycles. The Morgan fingerprint density at radius 2 is 1.95 bits per heavy atom. The van der Waals surface area contributed by atoms with Crippen LogP contribution in [0, 0.1) is 11.6 Å².